The van der Waals surface area contributed by atoms with Crippen molar-refractivity contribution in [1.82, 2.24) is 10.2 Å². The highest BCUT2D eigenvalue weighted by Gasteiger charge is 2.23. The molecule has 0 aliphatic heterocycles. The summed E-state index contributed by atoms with van der Waals surface area (Å²) in [5.74, 6) is -1.12. The van der Waals surface area contributed by atoms with Gasteiger partial charge in [0.05, 0.1) is 17.8 Å². The third-order valence-electron chi connectivity index (χ3n) is 3.10. The van der Waals surface area contributed by atoms with E-state index in [1.54, 1.807) is 6.07 Å². The third kappa shape index (κ3) is 2.55. The number of rotatable bonds is 5. The number of nitrogens with zero attached hydrogens (tertiary/aromatic N) is 3. The molecule has 0 aliphatic rings. The molecule has 106 valence electrons. The number of aliphatic hydroxyl groups is 1. The summed E-state index contributed by atoms with van der Waals surface area (Å²) in [6.07, 6.45) is 0. The maximum atomic E-state index is 11.4. The summed E-state index contributed by atoms with van der Waals surface area (Å²) >= 11 is 0. The Kier molecular flexibility index (Phi) is 4.14. The van der Waals surface area contributed by atoms with Crippen molar-refractivity contribution in [3.05, 3.63) is 30.0 Å². The summed E-state index contributed by atoms with van der Waals surface area (Å²) in [4.78, 5) is 13.2. The van der Waals surface area contributed by atoms with Gasteiger partial charge in [0.2, 0.25) is 0 Å². The molecule has 1 heterocycles. The van der Waals surface area contributed by atoms with E-state index in [1.807, 2.05) is 36.9 Å². The van der Waals surface area contributed by atoms with Gasteiger partial charge in [0, 0.05) is 18.0 Å². The van der Waals surface area contributed by atoms with Crippen molar-refractivity contribution < 1.29 is 15.0 Å². The Hall–Kier alpha value is -2.21. The lowest BCUT2D eigenvalue weighted by molar-refractivity contribution is 0.0690. The Morgan fingerprint density at radius 1 is 1.30 bits per heavy atom. The van der Waals surface area contributed by atoms with Gasteiger partial charge in [0.15, 0.2) is 5.69 Å². The molecule has 0 spiro atoms. The number of aromatic nitrogens is 2. The van der Waals surface area contributed by atoms with Crippen molar-refractivity contribution in [1.29, 1.82) is 0 Å². The van der Waals surface area contributed by atoms with Crippen molar-refractivity contribution >= 4 is 22.6 Å². The standard InChI is InChI=1S/C14H17N3O3/c1-9(2)17(7-8-18)13-10-5-3-4-6-11(10)15-16-12(13)14(19)20/h3-6,9,18H,7-8H2,1-2H3,(H,19,20). The molecule has 0 amide bonds. The normalized spacial score (nSPS) is 11.0. The molecule has 0 saturated carbocycles. The van der Waals surface area contributed by atoms with Gasteiger partial charge in [-0.05, 0) is 19.9 Å². The molecule has 0 unspecified atom stereocenters. The van der Waals surface area contributed by atoms with Crippen molar-refractivity contribution in [2.45, 2.75) is 19.9 Å². The van der Waals surface area contributed by atoms with Crippen LogP contribution in [0.3, 0.4) is 0 Å². The van der Waals surface area contributed by atoms with E-state index in [0.717, 1.165) is 5.39 Å². The van der Waals surface area contributed by atoms with Crippen LogP contribution in [0.5, 0.6) is 0 Å². The van der Waals surface area contributed by atoms with Crippen LogP contribution in [0.4, 0.5) is 5.69 Å². The highest BCUT2D eigenvalue weighted by Crippen LogP contribution is 2.29. The molecule has 0 saturated heterocycles. The topological polar surface area (TPSA) is 86.5 Å². The largest absolute Gasteiger partial charge is 0.476 e. The van der Waals surface area contributed by atoms with Crippen LogP contribution in [0, 0.1) is 0 Å². The van der Waals surface area contributed by atoms with Crippen LogP contribution in [-0.2, 0) is 0 Å². The second-order valence-corrected chi connectivity index (χ2v) is 4.73. The van der Waals surface area contributed by atoms with Gasteiger partial charge in [-0.1, -0.05) is 18.2 Å². The number of hydrogen-bond acceptors (Lipinski definition) is 5. The number of fused-ring (bicyclic) bond motifs is 1. The molecule has 0 fully saturated rings. The Bertz CT molecular complexity index is 628. The van der Waals surface area contributed by atoms with Gasteiger partial charge in [0.25, 0.3) is 0 Å². The second-order valence-electron chi connectivity index (χ2n) is 4.73. The first kappa shape index (κ1) is 14.2. The van der Waals surface area contributed by atoms with Gasteiger partial charge in [0.1, 0.15) is 0 Å². The van der Waals surface area contributed by atoms with E-state index >= 15 is 0 Å². The Balaban J connectivity index is 2.74. The molecule has 1 aromatic heterocycles. The van der Waals surface area contributed by atoms with E-state index in [1.165, 1.54) is 0 Å². The highest BCUT2D eigenvalue weighted by atomic mass is 16.4. The zero-order chi connectivity index (χ0) is 14.7. The van der Waals surface area contributed by atoms with E-state index in [4.69, 9.17) is 0 Å². The molecule has 6 nitrogen and oxygen atoms in total. The number of aromatic carboxylic acids is 1. The lowest BCUT2D eigenvalue weighted by Crippen LogP contribution is -2.35. The zero-order valence-corrected chi connectivity index (χ0v) is 11.4. The molecular weight excluding hydrogens is 258 g/mol. The van der Waals surface area contributed by atoms with Crippen LogP contribution < -0.4 is 4.90 Å². The molecule has 2 aromatic rings. The number of anilines is 1. The number of hydrogen-bond donors (Lipinski definition) is 2. The van der Waals surface area contributed by atoms with E-state index in [2.05, 4.69) is 10.2 Å². The smallest absolute Gasteiger partial charge is 0.358 e. The molecule has 0 radical (unpaired) electrons. The molecule has 6 heteroatoms. The Morgan fingerprint density at radius 2 is 2.00 bits per heavy atom. The second kappa shape index (κ2) is 5.83. The van der Waals surface area contributed by atoms with Gasteiger partial charge in [-0.3, -0.25) is 0 Å². The summed E-state index contributed by atoms with van der Waals surface area (Å²) in [7, 11) is 0. The molecule has 0 bridgehead atoms. The predicted molar refractivity (Wildman–Crippen MR) is 76.1 cm³/mol. The van der Waals surface area contributed by atoms with Gasteiger partial charge in [-0.15, -0.1) is 10.2 Å². The molecule has 2 N–H and O–H groups in total. The molecule has 20 heavy (non-hydrogen) atoms. The average Bonchev–Trinajstić information content (AvgIpc) is 2.43. The summed E-state index contributed by atoms with van der Waals surface area (Å²) in [6.45, 7) is 4.16. The fourth-order valence-corrected chi connectivity index (χ4v) is 2.21. The SMILES string of the molecule is CC(C)N(CCO)c1c(C(=O)O)nnc2ccccc12. The van der Waals surface area contributed by atoms with Crippen LogP contribution >= 0.6 is 0 Å². The predicted octanol–water partition coefficient (Wildman–Crippen LogP) is 1.54. The monoisotopic (exact) mass is 275 g/mol. The first-order valence-corrected chi connectivity index (χ1v) is 6.42. The molecular formula is C14H17N3O3. The van der Waals surface area contributed by atoms with Crippen molar-refractivity contribution in [2.75, 3.05) is 18.1 Å². The highest BCUT2D eigenvalue weighted by molar-refractivity contribution is 6.02. The summed E-state index contributed by atoms with van der Waals surface area (Å²) < 4.78 is 0. The number of carboxylic acid groups (broad SMARTS) is 1. The number of aliphatic hydroxyl groups excluding tert-OH is 1. The van der Waals surface area contributed by atoms with E-state index in [0.29, 0.717) is 17.7 Å². The van der Waals surface area contributed by atoms with Crippen LogP contribution in [0.15, 0.2) is 24.3 Å². The van der Waals surface area contributed by atoms with Gasteiger partial charge < -0.3 is 15.1 Å². The minimum absolute atomic E-state index is 0.0351. The van der Waals surface area contributed by atoms with Crippen LogP contribution in [-0.4, -0.2) is 45.6 Å². The van der Waals surface area contributed by atoms with Gasteiger partial charge >= 0.3 is 5.97 Å². The van der Waals surface area contributed by atoms with Crippen molar-refractivity contribution in [3.8, 4) is 0 Å². The van der Waals surface area contributed by atoms with E-state index < -0.39 is 5.97 Å². The number of carbonyl (C=O) groups is 1. The third-order valence-corrected chi connectivity index (χ3v) is 3.10. The van der Waals surface area contributed by atoms with Gasteiger partial charge in [-0.2, -0.15) is 0 Å². The van der Waals surface area contributed by atoms with E-state index in [9.17, 15) is 15.0 Å². The van der Waals surface area contributed by atoms with Crippen molar-refractivity contribution in [2.24, 2.45) is 0 Å². The fraction of sp³-hybridized carbons (Fsp3) is 0.357. The minimum atomic E-state index is -1.12. The quantitative estimate of drug-likeness (QED) is 0.860. The number of benzene rings is 1. The first-order valence-electron chi connectivity index (χ1n) is 6.42. The Labute approximate surface area is 116 Å². The lowest BCUT2D eigenvalue weighted by atomic mass is 10.1. The number of carboxylic acids is 1. The average molecular weight is 275 g/mol. The fourth-order valence-electron chi connectivity index (χ4n) is 2.21. The van der Waals surface area contributed by atoms with Crippen LogP contribution in [0.2, 0.25) is 0 Å². The van der Waals surface area contributed by atoms with Crippen molar-refractivity contribution in [3.63, 3.8) is 0 Å². The summed E-state index contributed by atoms with van der Waals surface area (Å²) in [6, 6.07) is 7.30. The molecule has 0 aliphatic carbocycles. The van der Waals surface area contributed by atoms with Gasteiger partial charge in [-0.25, -0.2) is 4.79 Å². The Morgan fingerprint density at radius 3 is 2.60 bits per heavy atom. The molecule has 2 rings (SSSR count). The van der Waals surface area contributed by atoms with E-state index in [-0.39, 0.29) is 18.3 Å². The van der Waals surface area contributed by atoms with Crippen LogP contribution in [0.1, 0.15) is 24.3 Å². The van der Waals surface area contributed by atoms with Crippen LogP contribution in [0.25, 0.3) is 10.9 Å². The minimum Gasteiger partial charge on any atom is -0.476 e. The zero-order valence-electron chi connectivity index (χ0n) is 11.4. The molecule has 0 atom stereocenters. The molecule has 1 aromatic carbocycles. The summed E-state index contributed by atoms with van der Waals surface area (Å²) in [5.41, 5.74) is 1.05. The first-order chi connectivity index (χ1) is 9.56. The maximum absolute atomic E-state index is 11.4. The summed E-state index contributed by atoms with van der Waals surface area (Å²) in [5, 5.41) is 27.0. The maximum Gasteiger partial charge on any atom is 0.358 e. The lowest BCUT2D eigenvalue weighted by Gasteiger charge is -2.29.